The van der Waals surface area contributed by atoms with Crippen molar-refractivity contribution in [2.24, 2.45) is 0 Å². The van der Waals surface area contributed by atoms with E-state index >= 15 is 0 Å². The quantitative estimate of drug-likeness (QED) is 0.577. The van der Waals surface area contributed by atoms with Crippen LogP contribution < -0.4 is 10.6 Å². The summed E-state index contributed by atoms with van der Waals surface area (Å²) in [5.41, 5.74) is 4.68. The Kier molecular flexibility index (Phi) is 6.02. The van der Waals surface area contributed by atoms with Crippen LogP contribution >= 0.6 is 11.6 Å². The number of anilines is 1. The van der Waals surface area contributed by atoms with E-state index in [0.29, 0.717) is 22.2 Å². The van der Waals surface area contributed by atoms with Crippen molar-refractivity contribution >= 4 is 29.2 Å². The molecule has 3 atom stereocenters. The second-order valence-electron chi connectivity index (χ2n) is 9.07. The van der Waals surface area contributed by atoms with E-state index < -0.39 is 0 Å². The molecule has 0 aliphatic carbocycles. The molecule has 7 heteroatoms. The molecule has 2 heterocycles. The minimum Gasteiger partial charge on any atom is -0.345 e. The van der Waals surface area contributed by atoms with Gasteiger partial charge < -0.3 is 20.4 Å². The summed E-state index contributed by atoms with van der Waals surface area (Å²) in [5.74, 6) is 0.284. The monoisotopic (exact) mass is 474 g/mol. The Bertz CT molecular complexity index is 1220. The highest BCUT2D eigenvalue weighted by Crippen LogP contribution is 2.43. The van der Waals surface area contributed by atoms with Crippen LogP contribution in [-0.2, 0) is 0 Å². The first kappa shape index (κ1) is 22.4. The summed E-state index contributed by atoms with van der Waals surface area (Å²) in [4.78, 5) is 28.8. The van der Waals surface area contributed by atoms with Gasteiger partial charge in [-0.3, -0.25) is 4.79 Å². The van der Waals surface area contributed by atoms with E-state index in [0.717, 1.165) is 24.2 Å². The average molecular weight is 475 g/mol. The molecule has 0 aromatic heterocycles. The van der Waals surface area contributed by atoms with Crippen LogP contribution in [-0.4, -0.2) is 61.0 Å². The van der Waals surface area contributed by atoms with Crippen molar-refractivity contribution in [1.29, 1.82) is 0 Å². The Morgan fingerprint density at radius 2 is 1.65 bits per heavy atom. The number of amides is 3. The first-order valence-corrected chi connectivity index (χ1v) is 11.8. The first-order valence-electron chi connectivity index (χ1n) is 11.4. The molecule has 2 aliphatic rings. The maximum Gasteiger partial charge on any atom is 0.322 e. The largest absolute Gasteiger partial charge is 0.345 e. The lowest BCUT2D eigenvalue weighted by atomic mass is 9.72. The predicted octanol–water partition coefficient (Wildman–Crippen LogP) is 4.68. The van der Waals surface area contributed by atoms with Gasteiger partial charge in [-0.25, -0.2) is 4.79 Å². The summed E-state index contributed by atoms with van der Waals surface area (Å²) in [5, 5.41) is 7.00. The number of halogens is 1. The zero-order valence-electron chi connectivity index (χ0n) is 19.2. The number of nitrogens with one attached hydrogen (secondary N) is 2. The van der Waals surface area contributed by atoms with Crippen LogP contribution in [0.15, 0.2) is 72.8 Å². The highest BCUT2D eigenvalue weighted by atomic mass is 35.5. The van der Waals surface area contributed by atoms with E-state index in [2.05, 4.69) is 34.9 Å². The predicted molar refractivity (Wildman–Crippen MR) is 135 cm³/mol. The Morgan fingerprint density at radius 1 is 0.941 bits per heavy atom. The number of nitrogens with zero attached hydrogens (tertiary/aromatic N) is 2. The normalized spacial score (nSPS) is 20.9. The van der Waals surface area contributed by atoms with Crippen molar-refractivity contribution in [1.82, 2.24) is 15.1 Å². The van der Waals surface area contributed by atoms with E-state index in [4.69, 9.17) is 11.6 Å². The number of carbonyl (C=O) groups excluding carboxylic acids is 2. The Morgan fingerprint density at radius 3 is 2.32 bits per heavy atom. The van der Waals surface area contributed by atoms with E-state index in [1.807, 2.05) is 41.3 Å². The highest BCUT2D eigenvalue weighted by Gasteiger charge is 2.53. The Hall–Kier alpha value is -3.35. The fraction of sp³-hybridized carbons (Fsp3) is 0.259. The molecule has 0 radical (unpaired) electrons. The van der Waals surface area contributed by atoms with E-state index in [9.17, 15) is 9.59 Å². The molecule has 2 aliphatic heterocycles. The highest BCUT2D eigenvalue weighted by molar-refractivity contribution is 6.30. The van der Waals surface area contributed by atoms with Gasteiger partial charge in [-0.2, -0.15) is 0 Å². The summed E-state index contributed by atoms with van der Waals surface area (Å²) >= 11 is 6.06. The summed E-state index contributed by atoms with van der Waals surface area (Å²) in [6.45, 7) is 1.53. The number of piperidine rings is 1. The third-order valence-corrected chi connectivity index (χ3v) is 6.94. The van der Waals surface area contributed by atoms with Gasteiger partial charge in [0.2, 0.25) is 0 Å². The van der Waals surface area contributed by atoms with Crippen LogP contribution in [0.1, 0.15) is 21.8 Å². The van der Waals surface area contributed by atoms with E-state index in [-0.39, 0.29) is 24.0 Å². The molecular formula is C27H27ClN4O2. The molecule has 0 spiro atoms. The molecule has 3 aromatic rings. The standard InChI is InChI=1S/C27H27ClN4O2/c1-31(2)26(33)20-6-3-5-19(13-20)17-9-11-18(12-10-17)25-23-15-29-16-24(25)32(23)27(34)30-22-8-4-7-21(28)14-22/h3-14,23-25,29H,15-16H2,1-2H3,(H,30,34)/t23-,24+,25?. The van der Waals surface area contributed by atoms with Crippen molar-refractivity contribution in [2.45, 2.75) is 18.0 Å². The van der Waals surface area contributed by atoms with Gasteiger partial charge in [0, 0.05) is 49.4 Å². The minimum atomic E-state index is -0.0889. The number of carbonyl (C=O) groups is 2. The number of rotatable bonds is 4. The fourth-order valence-corrected chi connectivity index (χ4v) is 5.25. The molecule has 5 rings (SSSR count). The number of hydrogen-bond donors (Lipinski definition) is 2. The van der Waals surface area contributed by atoms with Crippen LogP contribution in [0.2, 0.25) is 5.02 Å². The topological polar surface area (TPSA) is 64.7 Å². The summed E-state index contributed by atoms with van der Waals surface area (Å²) in [6, 6.07) is 23.5. The molecule has 3 amide bonds. The molecule has 0 saturated carbocycles. The number of hydrogen-bond acceptors (Lipinski definition) is 3. The number of benzene rings is 3. The van der Waals surface area contributed by atoms with Gasteiger partial charge >= 0.3 is 6.03 Å². The van der Waals surface area contributed by atoms with Crippen molar-refractivity contribution < 1.29 is 9.59 Å². The van der Waals surface area contributed by atoms with Gasteiger partial charge in [-0.05, 0) is 47.0 Å². The second kappa shape index (κ2) is 9.12. The van der Waals surface area contributed by atoms with E-state index in [1.165, 1.54) is 5.56 Å². The molecule has 6 nitrogen and oxygen atoms in total. The number of urea groups is 1. The zero-order chi connectivity index (χ0) is 23.8. The van der Waals surface area contributed by atoms with Crippen LogP contribution in [0.4, 0.5) is 10.5 Å². The van der Waals surface area contributed by atoms with Gasteiger partial charge in [0.1, 0.15) is 0 Å². The first-order chi connectivity index (χ1) is 16.4. The van der Waals surface area contributed by atoms with Crippen molar-refractivity contribution in [3.05, 3.63) is 88.9 Å². The number of piperazine rings is 1. The lowest BCUT2D eigenvalue weighted by molar-refractivity contribution is 0.00202. The summed E-state index contributed by atoms with van der Waals surface area (Å²) < 4.78 is 0. The SMILES string of the molecule is CN(C)C(=O)c1cccc(-c2ccc(C3[C@H]4CNC[C@@H]3N4C(=O)Nc3cccc(Cl)c3)cc2)c1. The van der Waals surface area contributed by atoms with Crippen LogP contribution in [0.3, 0.4) is 0 Å². The molecular weight excluding hydrogens is 448 g/mol. The molecule has 2 bridgehead atoms. The Labute approximate surface area is 204 Å². The fourth-order valence-electron chi connectivity index (χ4n) is 5.06. The lowest BCUT2D eigenvalue weighted by Gasteiger charge is -2.59. The lowest BCUT2D eigenvalue weighted by Crippen LogP contribution is -2.74. The van der Waals surface area contributed by atoms with Gasteiger partial charge in [-0.15, -0.1) is 0 Å². The Balaban J connectivity index is 1.31. The number of fused-ring (bicyclic) bond motifs is 2. The van der Waals surface area contributed by atoms with Crippen LogP contribution in [0.25, 0.3) is 11.1 Å². The molecule has 2 saturated heterocycles. The molecule has 2 fully saturated rings. The van der Waals surface area contributed by atoms with Crippen molar-refractivity contribution in [2.75, 3.05) is 32.5 Å². The molecule has 3 aromatic carbocycles. The number of likely N-dealkylation sites (tertiary alicyclic amines) is 1. The molecule has 174 valence electrons. The van der Waals surface area contributed by atoms with Crippen LogP contribution in [0.5, 0.6) is 0 Å². The van der Waals surface area contributed by atoms with Crippen molar-refractivity contribution in [3.63, 3.8) is 0 Å². The van der Waals surface area contributed by atoms with Crippen molar-refractivity contribution in [3.8, 4) is 11.1 Å². The smallest absolute Gasteiger partial charge is 0.322 e. The third-order valence-electron chi connectivity index (χ3n) is 6.71. The van der Waals surface area contributed by atoms with Gasteiger partial charge in [0.05, 0.1) is 12.1 Å². The minimum absolute atomic E-state index is 0.00981. The molecule has 1 unspecified atom stereocenters. The summed E-state index contributed by atoms with van der Waals surface area (Å²) in [6.07, 6.45) is 0. The maximum absolute atomic E-state index is 13.0. The summed E-state index contributed by atoms with van der Waals surface area (Å²) in [7, 11) is 3.51. The molecule has 34 heavy (non-hydrogen) atoms. The van der Waals surface area contributed by atoms with Gasteiger partial charge in [-0.1, -0.05) is 54.1 Å². The van der Waals surface area contributed by atoms with Gasteiger partial charge in [0.15, 0.2) is 0 Å². The molecule has 2 N–H and O–H groups in total. The second-order valence-corrected chi connectivity index (χ2v) is 9.51. The zero-order valence-corrected chi connectivity index (χ0v) is 19.9. The average Bonchev–Trinajstić information content (AvgIpc) is 2.84. The third kappa shape index (κ3) is 4.15. The van der Waals surface area contributed by atoms with Crippen LogP contribution in [0, 0.1) is 0 Å². The van der Waals surface area contributed by atoms with Gasteiger partial charge in [0.25, 0.3) is 5.91 Å². The maximum atomic E-state index is 13.0. The van der Waals surface area contributed by atoms with E-state index in [1.54, 1.807) is 31.1 Å².